The summed E-state index contributed by atoms with van der Waals surface area (Å²) in [6.07, 6.45) is 9.95. The molecule has 11 atom stereocenters. The van der Waals surface area contributed by atoms with Crippen LogP contribution in [0.2, 0.25) is 0 Å². The van der Waals surface area contributed by atoms with Crippen LogP contribution in [-0.2, 0) is 28.6 Å². The highest BCUT2D eigenvalue weighted by Gasteiger charge is 2.52. The second-order valence-corrected chi connectivity index (χ2v) is 25.7. The van der Waals surface area contributed by atoms with E-state index in [4.69, 9.17) is 14.2 Å². The molecule has 1 N–H and O–H groups in total. The van der Waals surface area contributed by atoms with Crippen molar-refractivity contribution in [3.05, 3.63) is 0 Å². The normalized spacial score (nSPS) is 32.9. The third-order valence-electron chi connectivity index (χ3n) is 14.0. The summed E-state index contributed by atoms with van der Waals surface area (Å²) in [6.45, 7) is 27.6. The zero-order valence-electron chi connectivity index (χ0n) is 36.8. The van der Waals surface area contributed by atoms with Crippen molar-refractivity contribution >= 4 is 85.7 Å². The van der Waals surface area contributed by atoms with Gasteiger partial charge in [-0.25, -0.2) is 0 Å². The fourth-order valence-corrected chi connectivity index (χ4v) is 10.3. The Labute approximate surface area is 376 Å². The van der Waals surface area contributed by atoms with Crippen LogP contribution in [0.25, 0.3) is 0 Å². The zero-order valence-corrected chi connectivity index (χ0v) is 43.3. The molecule has 0 amide bonds. The molecule has 55 heavy (non-hydrogen) atoms. The molecule has 11 unspecified atom stereocenters. The van der Waals surface area contributed by atoms with Crippen molar-refractivity contribution < 1.29 is 28.6 Å². The smallest absolute Gasteiger partial charge is 0.319 e. The molecule has 3 heterocycles. The summed E-state index contributed by atoms with van der Waals surface area (Å²) >= 11 is 6.44. The fraction of sp³-hybridized carbons (Fsp3) is 0.930. The predicted octanol–water partition coefficient (Wildman–Crippen LogP) is 9.70. The lowest BCUT2D eigenvalue weighted by Crippen LogP contribution is -2.63. The molecule has 3 saturated heterocycles. The van der Waals surface area contributed by atoms with Gasteiger partial charge in [0.1, 0.15) is 28.6 Å². The Kier molecular flexibility index (Phi) is 17.6. The first-order valence-corrected chi connectivity index (χ1v) is 24.6. The van der Waals surface area contributed by atoms with Crippen molar-refractivity contribution in [2.24, 2.45) is 17.8 Å². The zero-order chi connectivity index (χ0) is 42.1. The largest absolute Gasteiger partial charge is 0.459 e. The first kappa shape index (κ1) is 49.8. The highest BCUT2D eigenvalue weighted by molar-refractivity contribution is 14.1. The van der Waals surface area contributed by atoms with Gasteiger partial charge >= 0.3 is 17.9 Å². The van der Waals surface area contributed by atoms with E-state index in [1.54, 1.807) is 0 Å². The van der Waals surface area contributed by atoms with Gasteiger partial charge in [-0.2, -0.15) is 0 Å². The van der Waals surface area contributed by atoms with Crippen molar-refractivity contribution in [3.8, 4) is 0 Å². The average molecular weight is 1110 g/mol. The molecule has 9 nitrogen and oxygen atoms in total. The molecule has 0 aromatic carbocycles. The standard InChI is InChI=1S/C43H76I3N3O6/c1-26-20-30(40(7,8)53-36(50)27(2)44)21-33(47-26)16-17-34-22-31(41(9,10)54-37(51)28(3)45)23-35(48(34)14)18-19-43(13)25-32(24-39(5,6)49(43)15)42(11,12)55-38(52)29(4)46/h26-35,47H,16-25H2,1-15H3. The monoisotopic (exact) mass is 1110 g/mol. The first-order valence-electron chi connectivity index (χ1n) is 20.8. The van der Waals surface area contributed by atoms with E-state index >= 15 is 0 Å². The Morgan fingerprint density at radius 1 is 0.673 bits per heavy atom. The van der Waals surface area contributed by atoms with Gasteiger partial charge < -0.3 is 24.4 Å². The van der Waals surface area contributed by atoms with Crippen LogP contribution in [0.3, 0.4) is 0 Å². The lowest BCUT2D eigenvalue weighted by molar-refractivity contribution is -0.171. The van der Waals surface area contributed by atoms with Crippen molar-refractivity contribution in [2.45, 2.75) is 218 Å². The molecule has 0 aromatic heterocycles. The van der Waals surface area contributed by atoms with Crippen LogP contribution < -0.4 is 5.32 Å². The molecule has 0 spiro atoms. The van der Waals surface area contributed by atoms with E-state index in [-0.39, 0.29) is 58.5 Å². The number of nitrogens with zero attached hydrogens (tertiary/aromatic N) is 2. The third kappa shape index (κ3) is 13.2. The number of halogens is 3. The van der Waals surface area contributed by atoms with Gasteiger partial charge in [-0.15, -0.1) is 0 Å². The molecule has 0 aliphatic carbocycles. The highest BCUT2D eigenvalue weighted by atomic mass is 127. The molecule has 0 aromatic rings. The lowest BCUT2D eigenvalue weighted by atomic mass is 9.66. The number of carbonyl (C=O) groups excluding carboxylic acids is 3. The molecule has 0 bridgehead atoms. The van der Waals surface area contributed by atoms with Gasteiger partial charge in [0.05, 0.1) is 0 Å². The molecule has 3 rings (SSSR count). The van der Waals surface area contributed by atoms with Gasteiger partial charge in [0, 0.05) is 53.0 Å². The van der Waals surface area contributed by atoms with Gasteiger partial charge in [-0.3, -0.25) is 19.3 Å². The molecule has 0 radical (unpaired) electrons. The molecular weight excluding hydrogens is 1040 g/mol. The average Bonchev–Trinajstić information content (AvgIpc) is 3.04. The van der Waals surface area contributed by atoms with E-state index in [0.29, 0.717) is 24.2 Å². The van der Waals surface area contributed by atoms with E-state index in [1.807, 2.05) is 20.8 Å². The van der Waals surface area contributed by atoms with E-state index in [9.17, 15) is 14.4 Å². The fourth-order valence-electron chi connectivity index (χ4n) is 9.88. The van der Waals surface area contributed by atoms with Crippen LogP contribution in [0, 0.1) is 17.8 Å². The summed E-state index contributed by atoms with van der Waals surface area (Å²) in [7, 11) is 4.60. The second-order valence-electron chi connectivity index (χ2n) is 20.1. The Bertz CT molecular complexity index is 1320. The van der Waals surface area contributed by atoms with E-state index in [1.165, 1.54) is 0 Å². The van der Waals surface area contributed by atoms with Crippen molar-refractivity contribution in [3.63, 3.8) is 0 Å². The lowest BCUT2D eigenvalue weighted by Gasteiger charge is -2.58. The Hall–Kier alpha value is 0.480. The molecule has 3 aliphatic rings. The molecular formula is C43H76I3N3O6. The quantitative estimate of drug-likeness (QED) is 0.0745. The Balaban J connectivity index is 1.84. The molecule has 3 fully saturated rings. The number of esters is 3. The summed E-state index contributed by atoms with van der Waals surface area (Å²) < 4.78 is 18.0. The Morgan fingerprint density at radius 2 is 1.09 bits per heavy atom. The highest BCUT2D eigenvalue weighted by Crippen LogP contribution is 2.49. The number of alkyl halides is 3. The van der Waals surface area contributed by atoms with E-state index < -0.39 is 16.8 Å². The van der Waals surface area contributed by atoms with Gasteiger partial charge in [0.25, 0.3) is 0 Å². The molecule has 0 saturated carbocycles. The van der Waals surface area contributed by atoms with Crippen molar-refractivity contribution in [2.75, 3.05) is 14.1 Å². The van der Waals surface area contributed by atoms with E-state index in [2.05, 4.69) is 166 Å². The topological polar surface area (TPSA) is 97.4 Å². The number of rotatable bonds is 15. The van der Waals surface area contributed by atoms with Crippen LogP contribution in [0.4, 0.5) is 0 Å². The minimum absolute atomic E-state index is 0.0591. The van der Waals surface area contributed by atoms with Crippen LogP contribution in [-0.4, -0.2) is 106 Å². The molecule has 320 valence electrons. The number of ether oxygens (including phenoxy) is 3. The number of nitrogens with one attached hydrogen (secondary N) is 1. The van der Waals surface area contributed by atoms with E-state index in [0.717, 1.165) is 64.2 Å². The minimum Gasteiger partial charge on any atom is -0.459 e. The van der Waals surface area contributed by atoms with Crippen LogP contribution in [0.5, 0.6) is 0 Å². The maximum Gasteiger partial charge on any atom is 0.319 e. The summed E-state index contributed by atoms with van der Waals surface area (Å²) in [5.74, 6) is 0.317. The number of carbonyl (C=O) groups is 3. The summed E-state index contributed by atoms with van der Waals surface area (Å²) in [5, 5.41) is 3.89. The maximum absolute atomic E-state index is 13.0. The van der Waals surface area contributed by atoms with Gasteiger partial charge in [-0.05, 0) is 168 Å². The number of hydrogen-bond acceptors (Lipinski definition) is 9. The van der Waals surface area contributed by atoms with Gasteiger partial charge in [0.2, 0.25) is 0 Å². The van der Waals surface area contributed by atoms with Crippen molar-refractivity contribution in [1.82, 2.24) is 15.1 Å². The van der Waals surface area contributed by atoms with Crippen molar-refractivity contribution in [1.29, 1.82) is 0 Å². The summed E-state index contributed by atoms with van der Waals surface area (Å²) in [6, 6.07) is 1.36. The third-order valence-corrected chi connectivity index (χ3v) is 15.5. The molecule has 3 aliphatic heterocycles. The van der Waals surface area contributed by atoms with Crippen LogP contribution in [0.1, 0.15) is 154 Å². The number of likely N-dealkylation sites (tertiary alicyclic amines) is 2. The Morgan fingerprint density at radius 3 is 1.55 bits per heavy atom. The van der Waals surface area contributed by atoms with Gasteiger partial charge in [0.15, 0.2) is 0 Å². The number of hydrogen-bond donors (Lipinski definition) is 1. The first-order chi connectivity index (χ1) is 25.0. The minimum atomic E-state index is -0.580. The maximum atomic E-state index is 13.0. The van der Waals surface area contributed by atoms with Crippen LogP contribution >= 0.6 is 67.8 Å². The SMILES string of the molecule is CC1CC(C(C)(C)OC(=O)C(C)I)CC(CCC2CC(C(C)(C)OC(=O)C(C)I)CC(CCC3(C)CC(C(C)(C)OC(=O)C(C)I)CC(C)(C)N3C)N2C)N1. The summed E-state index contributed by atoms with van der Waals surface area (Å²) in [4.78, 5) is 43.6. The second kappa shape index (κ2) is 19.5. The summed E-state index contributed by atoms with van der Waals surface area (Å²) in [5.41, 5.74) is -1.81. The predicted molar refractivity (Wildman–Crippen MR) is 250 cm³/mol. The van der Waals surface area contributed by atoms with Crippen LogP contribution in [0.15, 0.2) is 0 Å². The number of piperidine rings is 3. The van der Waals surface area contributed by atoms with Gasteiger partial charge in [-0.1, -0.05) is 67.8 Å². The molecule has 12 heteroatoms.